The molecule has 2 rings (SSSR count). The zero-order valence-electron chi connectivity index (χ0n) is 16.7. The van der Waals surface area contributed by atoms with Crippen LogP contribution in [-0.4, -0.2) is 103 Å². The Morgan fingerprint density at radius 2 is 1.89 bits per heavy atom. The number of aliphatic hydroxyl groups is 2. The maximum Gasteiger partial charge on any atom is 0.236 e. The largest absolute Gasteiger partial charge is 0.389 e. The molecule has 2 aliphatic rings. The van der Waals surface area contributed by atoms with E-state index in [2.05, 4.69) is 0 Å². The van der Waals surface area contributed by atoms with Gasteiger partial charge < -0.3 is 52.3 Å². The first-order chi connectivity index (χ1) is 13.1. The van der Waals surface area contributed by atoms with Crippen LogP contribution < -0.4 is 22.9 Å². The van der Waals surface area contributed by atoms with E-state index in [4.69, 9.17) is 37.1 Å². The zero-order valence-corrected chi connectivity index (χ0v) is 16.7. The average molecular weight is 405 g/mol. The Hall–Kier alpha value is -0.890. The van der Waals surface area contributed by atoms with Crippen LogP contribution in [0.2, 0.25) is 0 Å². The first-order valence-electron chi connectivity index (χ1n) is 9.56. The van der Waals surface area contributed by atoms with E-state index in [1.54, 1.807) is 0 Å². The molecule has 11 heteroatoms. The molecule has 2 fully saturated rings. The number of carbonyl (C=O) groups excluding carboxylic acids is 1. The first kappa shape index (κ1) is 23.4. The minimum atomic E-state index is -1.25. The molecule has 164 valence electrons. The number of ether oxygens (including phenoxy) is 3. The van der Waals surface area contributed by atoms with Gasteiger partial charge in [0.05, 0.1) is 36.9 Å². The highest BCUT2D eigenvalue weighted by Gasteiger charge is 2.53. The third-order valence-electron chi connectivity index (χ3n) is 5.74. The van der Waals surface area contributed by atoms with Crippen molar-refractivity contribution in [2.45, 2.75) is 80.7 Å². The van der Waals surface area contributed by atoms with Crippen LogP contribution in [0.15, 0.2) is 0 Å². The summed E-state index contributed by atoms with van der Waals surface area (Å²) in [5.74, 6) is -0.421. The van der Waals surface area contributed by atoms with Gasteiger partial charge in [0.2, 0.25) is 5.91 Å². The second kappa shape index (κ2) is 9.74. The predicted molar refractivity (Wildman–Crippen MR) is 101 cm³/mol. The number of aliphatic hydroxyl groups excluding tert-OH is 2. The van der Waals surface area contributed by atoms with E-state index in [0.717, 1.165) is 0 Å². The highest BCUT2D eigenvalue weighted by atomic mass is 16.7. The highest BCUT2D eigenvalue weighted by Crippen LogP contribution is 2.31. The molecule has 1 saturated carbocycles. The number of likely N-dealkylation sites (N-methyl/N-ethyl adjacent to an activating group) is 1. The van der Waals surface area contributed by atoms with Crippen molar-refractivity contribution in [1.29, 1.82) is 0 Å². The molecule has 1 saturated heterocycles. The number of hydrogen-bond donors (Lipinski definition) is 6. The summed E-state index contributed by atoms with van der Waals surface area (Å²) < 4.78 is 17.1. The lowest BCUT2D eigenvalue weighted by atomic mass is 9.80. The molecule has 0 aromatic heterocycles. The number of rotatable bonds is 6. The lowest BCUT2D eigenvalue weighted by Crippen LogP contribution is -2.72. The molecule has 28 heavy (non-hydrogen) atoms. The summed E-state index contributed by atoms with van der Waals surface area (Å²) in [5.41, 5.74) is 23.6. The third-order valence-corrected chi connectivity index (χ3v) is 5.74. The fourth-order valence-electron chi connectivity index (χ4n) is 3.95. The SMILES string of the molecule is CO[C@H]1[C@@H](O)[C@H](N)[C@@H](O[C@@H]2O[C@H](C(C)N)CC[C@H]2N)[C@H](O)[C@@H]1N(C)C(=O)CN. The topological polar surface area (TPSA) is 193 Å². The van der Waals surface area contributed by atoms with Crippen molar-refractivity contribution in [2.24, 2.45) is 22.9 Å². The highest BCUT2D eigenvalue weighted by molar-refractivity contribution is 5.78. The first-order valence-corrected chi connectivity index (χ1v) is 9.56. The van der Waals surface area contributed by atoms with Gasteiger partial charge in [-0.2, -0.15) is 0 Å². The van der Waals surface area contributed by atoms with E-state index in [1.165, 1.54) is 19.1 Å². The molecule has 1 aliphatic heterocycles. The maximum absolute atomic E-state index is 12.1. The van der Waals surface area contributed by atoms with E-state index >= 15 is 0 Å². The maximum atomic E-state index is 12.1. The van der Waals surface area contributed by atoms with Crippen LogP contribution in [-0.2, 0) is 19.0 Å². The Morgan fingerprint density at radius 3 is 2.43 bits per heavy atom. The Labute approximate surface area is 165 Å². The Bertz CT molecular complexity index is 526. The monoisotopic (exact) mass is 405 g/mol. The van der Waals surface area contributed by atoms with Crippen molar-refractivity contribution >= 4 is 5.91 Å². The molecule has 10 N–H and O–H groups in total. The van der Waals surface area contributed by atoms with Crippen molar-refractivity contribution in [3.63, 3.8) is 0 Å². The summed E-state index contributed by atoms with van der Waals surface area (Å²) in [6, 6.07) is -2.55. The summed E-state index contributed by atoms with van der Waals surface area (Å²) in [7, 11) is 2.85. The lowest BCUT2D eigenvalue weighted by molar-refractivity contribution is -0.267. The van der Waals surface area contributed by atoms with Crippen molar-refractivity contribution < 1.29 is 29.2 Å². The fraction of sp³-hybridized carbons (Fsp3) is 0.941. The molecule has 1 amide bonds. The number of nitrogens with two attached hydrogens (primary N) is 4. The molecule has 1 heterocycles. The summed E-state index contributed by atoms with van der Waals surface area (Å²) >= 11 is 0. The summed E-state index contributed by atoms with van der Waals surface area (Å²) in [6.45, 7) is 1.58. The standard InChI is InChI=1S/C17H35N5O6/c1-7(19)9-5-4-8(20)17(27-9)28-15-11(21)13(24)16(26-3)12(14(15)25)22(2)10(23)6-18/h7-9,11-17,24-25H,4-6,18-21H2,1-3H3/t7?,8-,9+,11+,12+,13+,14-,15-,16-,17+/m1/s1. The number of amides is 1. The number of carbonyl (C=O) groups is 1. The Kier molecular flexibility index (Phi) is 8.14. The van der Waals surface area contributed by atoms with Gasteiger partial charge in [0.25, 0.3) is 0 Å². The van der Waals surface area contributed by atoms with Gasteiger partial charge in [-0.15, -0.1) is 0 Å². The van der Waals surface area contributed by atoms with E-state index in [-0.39, 0.29) is 18.7 Å². The molecule has 0 bridgehead atoms. The van der Waals surface area contributed by atoms with Gasteiger partial charge in [-0.05, 0) is 19.8 Å². The molecule has 1 aliphatic carbocycles. The van der Waals surface area contributed by atoms with E-state index in [1.807, 2.05) is 6.92 Å². The van der Waals surface area contributed by atoms with E-state index in [9.17, 15) is 15.0 Å². The van der Waals surface area contributed by atoms with Crippen molar-refractivity contribution in [3.05, 3.63) is 0 Å². The predicted octanol–water partition coefficient (Wildman–Crippen LogP) is -3.59. The smallest absolute Gasteiger partial charge is 0.236 e. The third kappa shape index (κ3) is 4.64. The van der Waals surface area contributed by atoms with Crippen molar-refractivity contribution in [1.82, 2.24) is 4.90 Å². The van der Waals surface area contributed by atoms with Gasteiger partial charge >= 0.3 is 0 Å². The molecule has 0 aromatic carbocycles. The van der Waals surface area contributed by atoms with Gasteiger partial charge in [0.15, 0.2) is 6.29 Å². The van der Waals surface area contributed by atoms with Crippen LogP contribution in [0.5, 0.6) is 0 Å². The van der Waals surface area contributed by atoms with Gasteiger partial charge in [-0.1, -0.05) is 0 Å². The number of nitrogens with zero attached hydrogens (tertiary/aromatic N) is 1. The summed E-state index contributed by atoms with van der Waals surface area (Å²) in [5, 5.41) is 21.6. The second-order valence-corrected chi connectivity index (χ2v) is 7.70. The van der Waals surface area contributed by atoms with Gasteiger partial charge in [0.1, 0.15) is 18.3 Å². The van der Waals surface area contributed by atoms with Crippen molar-refractivity contribution in [2.75, 3.05) is 20.7 Å². The summed E-state index contributed by atoms with van der Waals surface area (Å²) in [4.78, 5) is 13.3. The van der Waals surface area contributed by atoms with E-state index < -0.39 is 54.7 Å². The van der Waals surface area contributed by atoms with Crippen LogP contribution in [0.1, 0.15) is 19.8 Å². The Balaban J connectivity index is 2.23. The fourth-order valence-corrected chi connectivity index (χ4v) is 3.95. The number of methoxy groups -OCH3 is 1. The molecule has 0 spiro atoms. The lowest BCUT2D eigenvalue weighted by Gasteiger charge is -2.50. The summed E-state index contributed by atoms with van der Waals surface area (Å²) in [6.07, 6.45) is -4.16. The van der Waals surface area contributed by atoms with Gasteiger partial charge in [-0.3, -0.25) is 4.79 Å². The Morgan fingerprint density at radius 1 is 1.25 bits per heavy atom. The van der Waals surface area contributed by atoms with Crippen LogP contribution in [0.4, 0.5) is 0 Å². The minimum absolute atomic E-state index is 0.215. The molecule has 0 aromatic rings. The normalized spacial score (nSPS) is 42.8. The molecular formula is C17H35N5O6. The zero-order chi connectivity index (χ0) is 21.2. The number of hydrogen-bond acceptors (Lipinski definition) is 10. The van der Waals surface area contributed by atoms with Crippen LogP contribution in [0.25, 0.3) is 0 Å². The quantitative estimate of drug-likeness (QED) is 0.257. The molecule has 11 nitrogen and oxygen atoms in total. The average Bonchev–Trinajstić information content (AvgIpc) is 2.67. The van der Waals surface area contributed by atoms with Crippen LogP contribution in [0, 0.1) is 0 Å². The molecular weight excluding hydrogens is 370 g/mol. The molecule has 10 atom stereocenters. The molecule has 1 unspecified atom stereocenters. The van der Waals surface area contributed by atoms with Crippen LogP contribution >= 0.6 is 0 Å². The van der Waals surface area contributed by atoms with Crippen LogP contribution in [0.3, 0.4) is 0 Å². The minimum Gasteiger partial charge on any atom is -0.389 e. The van der Waals surface area contributed by atoms with Gasteiger partial charge in [-0.25, -0.2) is 0 Å². The second-order valence-electron chi connectivity index (χ2n) is 7.70. The van der Waals surface area contributed by atoms with Gasteiger partial charge in [0, 0.05) is 20.2 Å². The van der Waals surface area contributed by atoms with E-state index in [0.29, 0.717) is 12.8 Å². The van der Waals surface area contributed by atoms with Crippen molar-refractivity contribution in [3.8, 4) is 0 Å². The molecule has 0 radical (unpaired) electrons.